The van der Waals surface area contributed by atoms with Crippen LogP contribution in [-0.2, 0) is 0 Å². The van der Waals surface area contributed by atoms with Gasteiger partial charge in [-0.25, -0.2) is 0 Å². The Kier molecular flexibility index (Phi) is 2.27. The van der Waals surface area contributed by atoms with Crippen molar-refractivity contribution in [3.05, 3.63) is 43.4 Å². The third-order valence-electron chi connectivity index (χ3n) is 2.27. The molecule has 0 aliphatic carbocycles. The summed E-state index contributed by atoms with van der Waals surface area (Å²) in [4.78, 5) is 15.3. The van der Waals surface area contributed by atoms with Crippen LogP contribution in [0.25, 0.3) is 15.9 Å². The average molecular weight is 266 g/mol. The summed E-state index contributed by atoms with van der Waals surface area (Å²) in [5, 5.41) is 5.72. The maximum Gasteiger partial charge on any atom is 0.276 e. The number of hydrogen-bond acceptors (Lipinski definition) is 4. The Morgan fingerprint density at radius 3 is 2.94 bits per heavy atom. The Balaban J connectivity index is 2.50. The highest BCUT2D eigenvalue weighted by Crippen LogP contribution is 2.17. The first-order chi connectivity index (χ1) is 7.77. The molecule has 0 atom stereocenters. The molecule has 0 unspecified atom stereocenters. The number of fused-ring (bicyclic) bond motifs is 1. The van der Waals surface area contributed by atoms with E-state index in [1.165, 1.54) is 15.9 Å². The van der Waals surface area contributed by atoms with Crippen LogP contribution in [0.4, 0.5) is 0 Å². The molecule has 16 heavy (non-hydrogen) atoms. The summed E-state index contributed by atoms with van der Waals surface area (Å²) in [5.41, 5.74) is 1.59. The Bertz CT molecular complexity index is 748. The van der Waals surface area contributed by atoms with Crippen LogP contribution in [-0.4, -0.2) is 9.55 Å². The number of hydrogen-bond donors (Lipinski definition) is 1. The van der Waals surface area contributed by atoms with Crippen LogP contribution in [0.3, 0.4) is 0 Å². The van der Waals surface area contributed by atoms with Gasteiger partial charge < -0.3 is 4.98 Å². The molecule has 0 radical (unpaired) electrons. The van der Waals surface area contributed by atoms with Crippen LogP contribution in [0.15, 0.2) is 33.1 Å². The van der Waals surface area contributed by atoms with Crippen LogP contribution >= 0.6 is 34.9 Å². The summed E-state index contributed by atoms with van der Waals surface area (Å²) in [6, 6.07) is 3.75. The first kappa shape index (κ1) is 9.95. The fourth-order valence-electron chi connectivity index (χ4n) is 1.56. The van der Waals surface area contributed by atoms with Gasteiger partial charge in [-0.1, -0.05) is 0 Å². The highest BCUT2D eigenvalue weighted by atomic mass is 32.1. The van der Waals surface area contributed by atoms with E-state index in [9.17, 15) is 4.79 Å². The molecule has 0 saturated carbocycles. The quantitative estimate of drug-likeness (QED) is 0.687. The number of nitrogens with zero attached hydrogens (tertiary/aromatic N) is 1. The molecule has 3 rings (SSSR count). The lowest BCUT2D eigenvalue weighted by Gasteiger charge is -2.02. The Hall–Kier alpha value is -1.24. The monoisotopic (exact) mass is 266 g/mol. The van der Waals surface area contributed by atoms with Gasteiger partial charge in [0.05, 0.1) is 11.2 Å². The van der Waals surface area contributed by atoms with Gasteiger partial charge >= 0.3 is 0 Å². The van der Waals surface area contributed by atoms with Crippen molar-refractivity contribution in [1.82, 2.24) is 9.55 Å². The van der Waals surface area contributed by atoms with Crippen LogP contribution in [0.1, 0.15) is 0 Å². The first-order valence-corrected chi connectivity index (χ1v) is 6.75. The summed E-state index contributed by atoms with van der Waals surface area (Å²) in [5.74, 6) is 0. The molecule has 0 amide bonds. The molecule has 0 aromatic carbocycles. The van der Waals surface area contributed by atoms with E-state index < -0.39 is 0 Å². The number of H-pyrrole nitrogens is 1. The smallest absolute Gasteiger partial charge is 0.276 e. The molecule has 0 fully saturated rings. The standard InChI is InChI=1S/C10H6N2OS3/c13-9-8-7(2-4-16-8)11-10(14)12(9)6-1-3-15-5-6/h1-5H,(H,11,14). The molecule has 1 N–H and O–H groups in total. The van der Waals surface area contributed by atoms with Crippen LogP contribution in [0, 0.1) is 4.77 Å². The van der Waals surface area contributed by atoms with Crippen molar-refractivity contribution >= 4 is 45.1 Å². The van der Waals surface area contributed by atoms with Crippen molar-refractivity contribution in [1.29, 1.82) is 0 Å². The molecule has 0 spiro atoms. The van der Waals surface area contributed by atoms with E-state index in [2.05, 4.69) is 4.98 Å². The minimum Gasteiger partial charge on any atom is -0.331 e. The molecule has 0 bridgehead atoms. The predicted molar refractivity (Wildman–Crippen MR) is 70.5 cm³/mol. The molecule has 3 aromatic rings. The normalized spacial score (nSPS) is 11.0. The number of nitrogens with one attached hydrogen (secondary N) is 1. The summed E-state index contributed by atoms with van der Waals surface area (Å²) >= 11 is 8.17. The molecule has 3 heterocycles. The van der Waals surface area contributed by atoms with Crippen LogP contribution in [0.2, 0.25) is 0 Å². The highest BCUT2D eigenvalue weighted by Gasteiger charge is 2.08. The Labute approximate surface area is 104 Å². The lowest BCUT2D eigenvalue weighted by Crippen LogP contribution is -2.18. The van der Waals surface area contributed by atoms with Gasteiger partial charge in [-0.3, -0.25) is 9.36 Å². The molecular formula is C10H6N2OS3. The molecule has 80 valence electrons. The van der Waals surface area contributed by atoms with E-state index in [-0.39, 0.29) is 5.56 Å². The van der Waals surface area contributed by atoms with E-state index in [0.717, 1.165) is 11.2 Å². The first-order valence-electron chi connectivity index (χ1n) is 4.52. The van der Waals surface area contributed by atoms with Gasteiger partial charge in [0.25, 0.3) is 5.56 Å². The molecule has 0 aliphatic rings. The lowest BCUT2D eigenvalue weighted by molar-refractivity contribution is 0.949. The predicted octanol–water partition coefficient (Wildman–Crippen LogP) is 3.17. The molecule has 0 saturated heterocycles. The second-order valence-corrected chi connectivity index (χ2v) is 5.30. The third-order valence-corrected chi connectivity index (χ3v) is 4.13. The molecule has 0 aliphatic heterocycles. The van der Waals surface area contributed by atoms with Crippen molar-refractivity contribution in [3.63, 3.8) is 0 Å². The van der Waals surface area contributed by atoms with E-state index >= 15 is 0 Å². The van der Waals surface area contributed by atoms with Crippen molar-refractivity contribution in [2.75, 3.05) is 0 Å². The molecule has 3 nitrogen and oxygen atoms in total. The number of rotatable bonds is 1. The number of aromatic nitrogens is 2. The van der Waals surface area contributed by atoms with Crippen molar-refractivity contribution in [2.45, 2.75) is 0 Å². The second-order valence-electron chi connectivity index (χ2n) is 3.22. The van der Waals surface area contributed by atoms with E-state index in [1.54, 1.807) is 11.3 Å². The number of thiophene rings is 2. The zero-order valence-corrected chi connectivity index (χ0v) is 10.4. The van der Waals surface area contributed by atoms with Crippen molar-refractivity contribution < 1.29 is 0 Å². The van der Waals surface area contributed by atoms with E-state index in [4.69, 9.17) is 12.2 Å². The van der Waals surface area contributed by atoms with Crippen molar-refractivity contribution in [3.8, 4) is 5.69 Å². The summed E-state index contributed by atoms with van der Waals surface area (Å²) in [6.45, 7) is 0. The Morgan fingerprint density at radius 2 is 2.19 bits per heavy atom. The van der Waals surface area contributed by atoms with Crippen LogP contribution < -0.4 is 5.56 Å². The molecule has 6 heteroatoms. The second kappa shape index (κ2) is 3.65. The van der Waals surface area contributed by atoms with Gasteiger partial charge in [0.1, 0.15) is 4.70 Å². The largest absolute Gasteiger partial charge is 0.331 e. The summed E-state index contributed by atoms with van der Waals surface area (Å²) < 4.78 is 2.68. The minimum atomic E-state index is -0.0489. The van der Waals surface area contributed by atoms with Gasteiger partial charge in [-0.05, 0) is 35.1 Å². The Morgan fingerprint density at radius 1 is 1.31 bits per heavy atom. The molecule has 3 aromatic heterocycles. The fourth-order valence-corrected chi connectivity index (χ4v) is 3.25. The maximum absolute atomic E-state index is 12.2. The maximum atomic E-state index is 12.2. The zero-order valence-electron chi connectivity index (χ0n) is 7.97. The SMILES string of the molecule is O=c1c2sccc2[nH]c(=S)n1-c1ccsc1. The van der Waals surface area contributed by atoms with Gasteiger partial charge in [0.2, 0.25) is 0 Å². The summed E-state index contributed by atoms with van der Waals surface area (Å²) in [6.07, 6.45) is 0. The topological polar surface area (TPSA) is 37.8 Å². The summed E-state index contributed by atoms with van der Waals surface area (Å²) in [7, 11) is 0. The van der Waals surface area contributed by atoms with Gasteiger partial charge in [-0.2, -0.15) is 11.3 Å². The fraction of sp³-hybridized carbons (Fsp3) is 0. The zero-order chi connectivity index (χ0) is 11.1. The van der Waals surface area contributed by atoms with Crippen LogP contribution in [0.5, 0.6) is 0 Å². The lowest BCUT2D eigenvalue weighted by atomic mass is 10.4. The van der Waals surface area contributed by atoms with E-state index in [1.807, 2.05) is 28.3 Å². The molecular weight excluding hydrogens is 260 g/mol. The third kappa shape index (κ3) is 1.38. The average Bonchev–Trinajstić information content (AvgIpc) is 2.87. The van der Waals surface area contributed by atoms with Crippen molar-refractivity contribution in [2.24, 2.45) is 0 Å². The van der Waals surface area contributed by atoms with Gasteiger partial charge in [0.15, 0.2) is 4.77 Å². The van der Waals surface area contributed by atoms with E-state index in [0.29, 0.717) is 9.47 Å². The van der Waals surface area contributed by atoms with Gasteiger partial charge in [0, 0.05) is 5.38 Å². The minimum absolute atomic E-state index is 0.0489. The van der Waals surface area contributed by atoms with Gasteiger partial charge in [-0.15, -0.1) is 11.3 Å². The number of aromatic amines is 1. The highest BCUT2D eigenvalue weighted by molar-refractivity contribution is 7.71.